The van der Waals surface area contributed by atoms with E-state index >= 15 is 0 Å². The van der Waals surface area contributed by atoms with Gasteiger partial charge in [-0.3, -0.25) is 4.98 Å². The van der Waals surface area contributed by atoms with Crippen LogP contribution < -0.4 is 5.73 Å². The second kappa shape index (κ2) is 2.95. The molecule has 0 aliphatic rings. The van der Waals surface area contributed by atoms with E-state index in [-0.39, 0.29) is 0 Å². The van der Waals surface area contributed by atoms with E-state index in [1.807, 2.05) is 23.7 Å². The number of pyridine rings is 1. The molecule has 4 nitrogen and oxygen atoms in total. The van der Waals surface area contributed by atoms with Crippen molar-refractivity contribution in [2.45, 2.75) is 6.92 Å². The average Bonchev–Trinajstić information content (AvgIpc) is 2.57. The van der Waals surface area contributed by atoms with Gasteiger partial charge in [0.25, 0.3) is 0 Å². The zero-order valence-corrected chi connectivity index (χ0v) is 9.23. The Labute approximate surface area is 92.7 Å². The molecule has 2 N–H and O–H groups in total. The molecule has 16 heavy (non-hydrogen) atoms. The number of aryl methyl sites for hydroxylation is 2. The first-order valence-corrected chi connectivity index (χ1v) is 5.14. The molecule has 0 aliphatic heterocycles. The van der Waals surface area contributed by atoms with Crippen molar-refractivity contribution < 1.29 is 0 Å². The van der Waals surface area contributed by atoms with E-state index in [4.69, 9.17) is 5.73 Å². The molecule has 0 fully saturated rings. The zero-order chi connectivity index (χ0) is 11.3. The molecule has 0 spiro atoms. The normalized spacial score (nSPS) is 11.4. The monoisotopic (exact) mass is 214 g/mol. The summed E-state index contributed by atoms with van der Waals surface area (Å²) in [5, 5.41) is 1.05. The number of nitrogens with zero attached hydrogens (tertiary/aromatic N) is 3. The van der Waals surface area contributed by atoms with Gasteiger partial charge < -0.3 is 10.3 Å². The topological polar surface area (TPSA) is 56.7 Å². The van der Waals surface area contributed by atoms with Crippen LogP contribution in [0.4, 0.5) is 5.95 Å². The van der Waals surface area contributed by atoms with Gasteiger partial charge in [-0.1, -0.05) is 0 Å². The molecular formula is C12H12N4. The molecule has 80 valence electrons. The summed E-state index contributed by atoms with van der Waals surface area (Å²) in [5.74, 6) is 0.537. The summed E-state index contributed by atoms with van der Waals surface area (Å²) in [5.41, 5.74) is 9.97. The van der Waals surface area contributed by atoms with E-state index in [0.717, 1.165) is 27.5 Å². The van der Waals surface area contributed by atoms with E-state index in [1.54, 1.807) is 6.20 Å². The van der Waals surface area contributed by atoms with Crippen molar-refractivity contribution >= 4 is 27.9 Å². The standard InChI is InChI=1S/C12H12N4/c1-7-6-9-8(4-3-5-14-9)10-11(7)16(2)12(13)15-10/h3-6H,1-2H3,(H2,13,15)/i12+2. The molecule has 3 rings (SSSR count). The Bertz CT molecular complexity index is 697. The van der Waals surface area contributed by atoms with Gasteiger partial charge in [-0.05, 0) is 30.7 Å². The number of rotatable bonds is 0. The van der Waals surface area contributed by atoms with Crippen molar-refractivity contribution in [1.82, 2.24) is 14.5 Å². The summed E-state index contributed by atoms with van der Waals surface area (Å²) in [4.78, 5) is 8.74. The lowest BCUT2D eigenvalue weighted by atomic mass is 10.1. The molecule has 0 saturated heterocycles. The van der Waals surface area contributed by atoms with Crippen LogP contribution in [-0.4, -0.2) is 14.5 Å². The van der Waals surface area contributed by atoms with E-state index in [1.165, 1.54) is 0 Å². The molecule has 0 aliphatic carbocycles. The van der Waals surface area contributed by atoms with Gasteiger partial charge in [0.15, 0.2) is 0 Å². The van der Waals surface area contributed by atoms with Crippen LogP contribution in [0.15, 0.2) is 24.4 Å². The van der Waals surface area contributed by atoms with Crippen LogP contribution in [0, 0.1) is 6.92 Å². The largest absolute Gasteiger partial charge is 0.369 e. The van der Waals surface area contributed by atoms with Crippen LogP contribution >= 0.6 is 0 Å². The molecule has 2 heterocycles. The third-order valence-electron chi connectivity index (χ3n) is 2.95. The Kier molecular flexibility index (Phi) is 1.68. The number of hydrogen-bond acceptors (Lipinski definition) is 3. The summed E-state index contributed by atoms with van der Waals surface area (Å²) in [6.45, 7) is 2.05. The van der Waals surface area contributed by atoms with Gasteiger partial charge in [0, 0.05) is 18.6 Å². The number of hydrogen-bond donors (Lipinski definition) is 1. The second-order valence-corrected chi connectivity index (χ2v) is 3.99. The molecule has 3 aromatic rings. The van der Waals surface area contributed by atoms with E-state index < -0.39 is 0 Å². The van der Waals surface area contributed by atoms with Crippen molar-refractivity contribution in [2.24, 2.45) is 7.05 Å². The first-order valence-electron chi connectivity index (χ1n) is 5.14. The van der Waals surface area contributed by atoms with Crippen LogP contribution in [0.25, 0.3) is 21.9 Å². The Morgan fingerprint density at radius 2 is 2.25 bits per heavy atom. The van der Waals surface area contributed by atoms with Crippen molar-refractivity contribution in [1.29, 1.82) is 0 Å². The third-order valence-corrected chi connectivity index (χ3v) is 2.95. The predicted octanol–water partition coefficient (Wildman–Crippen LogP) is 2.01. The van der Waals surface area contributed by atoms with Crippen molar-refractivity contribution in [2.75, 3.05) is 5.73 Å². The number of imidazole rings is 1. The minimum absolute atomic E-state index is 0.537. The molecular weight excluding hydrogens is 202 g/mol. The van der Waals surface area contributed by atoms with E-state index in [9.17, 15) is 0 Å². The van der Waals surface area contributed by atoms with Gasteiger partial charge in [0.1, 0.15) is 5.52 Å². The number of fused-ring (bicyclic) bond motifs is 3. The fourth-order valence-electron chi connectivity index (χ4n) is 2.16. The van der Waals surface area contributed by atoms with Gasteiger partial charge in [-0.2, -0.15) is 0 Å². The Hall–Kier alpha value is -2.10. The number of aromatic nitrogens is 3. The summed E-state index contributed by atoms with van der Waals surface area (Å²) in [6, 6.07) is 6.01. The molecule has 0 radical (unpaired) electrons. The molecule has 0 saturated carbocycles. The first-order chi connectivity index (χ1) is 7.68. The zero-order valence-electron chi connectivity index (χ0n) is 9.23. The fraction of sp³-hybridized carbons (Fsp3) is 0.167. The third kappa shape index (κ3) is 1.04. The quantitative estimate of drug-likeness (QED) is 0.622. The molecule has 0 amide bonds. The molecule has 2 aromatic heterocycles. The predicted molar refractivity (Wildman–Crippen MR) is 65.2 cm³/mol. The minimum Gasteiger partial charge on any atom is -0.369 e. The number of anilines is 1. The summed E-state index contributed by atoms with van der Waals surface area (Å²) in [7, 11) is 1.93. The lowest BCUT2D eigenvalue weighted by Gasteiger charge is -2.03. The smallest absolute Gasteiger partial charge is 0.200 e. The molecule has 0 unspecified atom stereocenters. The van der Waals surface area contributed by atoms with E-state index in [0.29, 0.717) is 5.95 Å². The highest BCUT2D eigenvalue weighted by Gasteiger charge is 2.11. The highest BCUT2D eigenvalue weighted by molar-refractivity contribution is 6.04. The lowest BCUT2D eigenvalue weighted by Crippen LogP contribution is -1.97. The molecule has 4 heteroatoms. The minimum atomic E-state index is 0.537. The molecule has 1 aromatic carbocycles. The van der Waals surface area contributed by atoms with Gasteiger partial charge in [0.05, 0.1) is 11.0 Å². The number of benzene rings is 1. The maximum atomic E-state index is 5.84. The molecule has 0 atom stereocenters. The number of nitrogen functional groups attached to an aromatic ring is 1. The van der Waals surface area contributed by atoms with Crippen molar-refractivity contribution in [3.05, 3.63) is 30.0 Å². The SMILES string of the molecule is Cc1cc2ncccc2c2n[14c](N)n(C)c12. The summed E-state index contributed by atoms with van der Waals surface area (Å²) < 4.78 is 1.91. The Morgan fingerprint density at radius 1 is 1.44 bits per heavy atom. The Morgan fingerprint density at radius 3 is 3.06 bits per heavy atom. The maximum Gasteiger partial charge on any atom is 0.200 e. The fourth-order valence-corrected chi connectivity index (χ4v) is 2.16. The lowest BCUT2D eigenvalue weighted by molar-refractivity contribution is 0.961. The van der Waals surface area contributed by atoms with Gasteiger partial charge in [-0.15, -0.1) is 0 Å². The first kappa shape index (κ1) is 9.15. The average molecular weight is 214 g/mol. The highest BCUT2D eigenvalue weighted by atomic mass is 15.7. The van der Waals surface area contributed by atoms with Gasteiger partial charge in [-0.25, -0.2) is 4.98 Å². The van der Waals surface area contributed by atoms with Crippen LogP contribution in [-0.2, 0) is 7.05 Å². The Balaban J connectivity index is 2.65. The highest BCUT2D eigenvalue weighted by Crippen LogP contribution is 2.27. The van der Waals surface area contributed by atoms with Crippen LogP contribution in [0.2, 0.25) is 0 Å². The summed E-state index contributed by atoms with van der Waals surface area (Å²) in [6.07, 6.45) is 1.79. The van der Waals surface area contributed by atoms with Gasteiger partial charge >= 0.3 is 0 Å². The maximum absolute atomic E-state index is 5.84. The van der Waals surface area contributed by atoms with Crippen molar-refractivity contribution in [3.8, 4) is 0 Å². The van der Waals surface area contributed by atoms with Crippen LogP contribution in [0.3, 0.4) is 0 Å². The second-order valence-electron chi connectivity index (χ2n) is 3.99. The molecule has 0 bridgehead atoms. The van der Waals surface area contributed by atoms with E-state index in [2.05, 4.69) is 23.0 Å². The van der Waals surface area contributed by atoms with Crippen LogP contribution in [0.5, 0.6) is 0 Å². The number of nitrogens with two attached hydrogens (primary N) is 1. The van der Waals surface area contributed by atoms with Gasteiger partial charge in [0.2, 0.25) is 5.95 Å². The van der Waals surface area contributed by atoms with Crippen molar-refractivity contribution in [3.63, 3.8) is 0 Å². The van der Waals surface area contributed by atoms with Crippen LogP contribution in [0.1, 0.15) is 5.56 Å². The summed E-state index contributed by atoms with van der Waals surface area (Å²) >= 11 is 0.